The molecule has 1 aromatic heterocycles. The molecule has 1 fully saturated rings. The SMILES string of the molecule is CC(C)c1nc(C2CCOC2)nn1C(C)C. The van der Waals surface area contributed by atoms with Crippen LogP contribution in [0.5, 0.6) is 0 Å². The second-order valence-corrected chi connectivity index (χ2v) is 5.08. The minimum Gasteiger partial charge on any atom is -0.381 e. The monoisotopic (exact) mass is 223 g/mol. The zero-order valence-electron chi connectivity index (χ0n) is 10.6. The van der Waals surface area contributed by atoms with Crippen molar-refractivity contribution in [3.05, 3.63) is 11.6 Å². The molecule has 0 aromatic carbocycles. The van der Waals surface area contributed by atoms with Gasteiger partial charge < -0.3 is 4.74 Å². The Morgan fingerprint density at radius 1 is 1.31 bits per heavy atom. The van der Waals surface area contributed by atoms with Crippen LogP contribution in [0.1, 0.15) is 63.6 Å². The summed E-state index contributed by atoms with van der Waals surface area (Å²) in [5.74, 6) is 2.88. The minimum absolute atomic E-state index is 0.376. The molecule has 1 unspecified atom stereocenters. The van der Waals surface area contributed by atoms with Crippen LogP contribution in [0.4, 0.5) is 0 Å². The summed E-state index contributed by atoms with van der Waals surface area (Å²) in [5.41, 5.74) is 0. The second-order valence-electron chi connectivity index (χ2n) is 5.08. The average Bonchev–Trinajstić information content (AvgIpc) is 2.86. The van der Waals surface area contributed by atoms with Crippen LogP contribution < -0.4 is 0 Å². The van der Waals surface area contributed by atoms with Crippen molar-refractivity contribution in [2.24, 2.45) is 0 Å². The highest BCUT2D eigenvalue weighted by Crippen LogP contribution is 2.25. The van der Waals surface area contributed by atoms with E-state index in [4.69, 9.17) is 4.74 Å². The van der Waals surface area contributed by atoms with Crippen LogP contribution in [0.3, 0.4) is 0 Å². The summed E-state index contributed by atoms with van der Waals surface area (Å²) in [6.07, 6.45) is 1.06. The van der Waals surface area contributed by atoms with E-state index in [0.717, 1.165) is 31.3 Å². The van der Waals surface area contributed by atoms with Crippen molar-refractivity contribution in [2.45, 2.75) is 52.0 Å². The minimum atomic E-state index is 0.376. The highest BCUT2D eigenvalue weighted by Gasteiger charge is 2.24. The summed E-state index contributed by atoms with van der Waals surface area (Å²) in [7, 11) is 0. The van der Waals surface area contributed by atoms with E-state index < -0.39 is 0 Å². The fourth-order valence-corrected chi connectivity index (χ4v) is 2.04. The Balaban J connectivity index is 2.30. The van der Waals surface area contributed by atoms with Gasteiger partial charge in [0, 0.05) is 24.5 Å². The van der Waals surface area contributed by atoms with Gasteiger partial charge in [-0.1, -0.05) is 13.8 Å². The molecule has 90 valence electrons. The van der Waals surface area contributed by atoms with E-state index in [1.807, 2.05) is 0 Å². The third-order valence-corrected chi connectivity index (χ3v) is 2.97. The van der Waals surface area contributed by atoms with Crippen LogP contribution in [0, 0.1) is 0 Å². The van der Waals surface area contributed by atoms with Gasteiger partial charge in [0.15, 0.2) is 5.82 Å². The van der Waals surface area contributed by atoms with Crippen molar-refractivity contribution in [3.8, 4) is 0 Å². The number of nitrogens with zero attached hydrogens (tertiary/aromatic N) is 3. The number of hydrogen-bond acceptors (Lipinski definition) is 3. The summed E-state index contributed by atoms with van der Waals surface area (Å²) in [4.78, 5) is 4.68. The Hall–Kier alpha value is -0.900. The van der Waals surface area contributed by atoms with Gasteiger partial charge in [-0.2, -0.15) is 5.10 Å². The van der Waals surface area contributed by atoms with Gasteiger partial charge in [-0.3, -0.25) is 0 Å². The Kier molecular flexibility index (Phi) is 3.28. The lowest BCUT2D eigenvalue weighted by molar-refractivity contribution is 0.193. The predicted octanol–water partition coefficient (Wildman–Crippen LogP) is 2.49. The van der Waals surface area contributed by atoms with Crippen molar-refractivity contribution in [1.82, 2.24) is 14.8 Å². The van der Waals surface area contributed by atoms with Gasteiger partial charge in [0.2, 0.25) is 0 Å². The molecule has 16 heavy (non-hydrogen) atoms. The van der Waals surface area contributed by atoms with Gasteiger partial charge >= 0.3 is 0 Å². The summed E-state index contributed by atoms with van der Waals surface area (Å²) in [6.45, 7) is 10.2. The van der Waals surface area contributed by atoms with Crippen LogP contribution in [-0.4, -0.2) is 28.0 Å². The first kappa shape index (κ1) is 11.6. The average molecular weight is 223 g/mol. The molecule has 0 amide bonds. The maximum atomic E-state index is 5.39. The number of hydrogen-bond donors (Lipinski definition) is 0. The predicted molar refractivity (Wildman–Crippen MR) is 62.7 cm³/mol. The van der Waals surface area contributed by atoms with E-state index in [1.165, 1.54) is 0 Å². The van der Waals surface area contributed by atoms with Gasteiger partial charge in [0.1, 0.15) is 5.82 Å². The third-order valence-electron chi connectivity index (χ3n) is 2.97. The van der Waals surface area contributed by atoms with E-state index >= 15 is 0 Å². The molecule has 1 aromatic rings. The van der Waals surface area contributed by atoms with E-state index in [0.29, 0.717) is 17.9 Å². The Morgan fingerprint density at radius 3 is 2.50 bits per heavy atom. The van der Waals surface area contributed by atoms with Gasteiger partial charge in [0.05, 0.1) is 6.61 Å². The van der Waals surface area contributed by atoms with Crippen LogP contribution >= 0.6 is 0 Å². The maximum absolute atomic E-state index is 5.39. The van der Waals surface area contributed by atoms with Crippen molar-refractivity contribution in [1.29, 1.82) is 0 Å². The van der Waals surface area contributed by atoms with E-state index in [-0.39, 0.29) is 0 Å². The number of rotatable bonds is 3. The normalized spacial score (nSPS) is 21.2. The highest BCUT2D eigenvalue weighted by molar-refractivity contribution is 5.04. The molecule has 0 bridgehead atoms. The summed E-state index contributed by atoms with van der Waals surface area (Å²) in [6, 6.07) is 0.376. The fraction of sp³-hybridized carbons (Fsp3) is 0.833. The van der Waals surface area contributed by atoms with Crippen LogP contribution in [0.15, 0.2) is 0 Å². The number of aromatic nitrogens is 3. The highest BCUT2D eigenvalue weighted by atomic mass is 16.5. The fourth-order valence-electron chi connectivity index (χ4n) is 2.04. The molecule has 0 spiro atoms. The molecular formula is C12H21N3O. The Morgan fingerprint density at radius 2 is 2.06 bits per heavy atom. The first-order valence-electron chi connectivity index (χ1n) is 6.13. The molecule has 2 rings (SSSR count). The first-order chi connectivity index (χ1) is 7.59. The molecule has 0 N–H and O–H groups in total. The lowest BCUT2D eigenvalue weighted by Crippen LogP contribution is -2.09. The molecular weight excluding hydrogens is 202 g/mol. The Labute approximate surface area is 97.0 Å². The molecule has 4 nitrogen and oxygen atoms in total. The zero-order valence-corrected chi connectivity index (χ0v) is 10.6. The summed E-state index contributed by atoms with van der Waals surface area (Å²) < 4.78 is 7.45. The molecule has 2 heterocycles. The Bertz CT molecular complexity index is 326. The van der Waals surface area contributed by atoms with Gasteiger partial charge in [0.25, 0.3) is 0 Å². The smallest absolute Gasteiger partial charge is 0.156 e. The first-order valence-corrected chi connectivity index (χ1v) is 6.13. The quantitative estimate of drug-likeness (QED) is 0.790. The van der Waals surface area contributed by atoms with Crippen molar-refractivity contribution in [2.75, 3.05) is 13.2 Å². The van der Waals surface area contributed by atoms with Crippen LogP contribution in [0.2, 0.25) is 0 Å². The molecule has 0 radical (unpaired) electrons. The maximum Gasteiger partial charge on any atom is 0.156 e. The second kappa shape index (κ2) is 4.53. The lowest BCUT2D eigenvalue weighted by Gasteiger charge is -2.10. The standard InChI is InChI=1S/C12H21N3O/c1-8(2)12-13-11(10-5-6-16-7-10)14-15(12)9(3)4/h8-10H,5-7H2,1-4H3. The van der Waals surface area contributed by atoms with Crippen molar-refractivity contribution >= 4 is 0 Å². The molecule has 0 saturated carbocycles. The van der Waals surface area contributed by atoms with E-state index in [2.05, 4.69) is 42.5 Å². The molecule has 0 aliphatic carbocycles. The van der Waals surface area contributed by atoms with Crippen molar-refractivity contribution in [3.63, 3.8) is 0 Å². The van der Waals surface area contributed by atoms with E-state index in [9.17, 15) is 0 Å². The van der Waals surface area contributed by atoms with Crippen molar-refractivity contribution < 1.29 is 4.74 Å². The van der Waals surface area contributed by atoms with Crippen LogP contribution in [0.25, 0.3) is 0 Å². The summed E-state index contributed by atoms with van der Waals surface area (Å²) >= 11 is 0. The molecule has 1 saturated heterocycles. The lowest BCUT2D eigenvalue weighted by atomic mass is 10.1. The van der Waals surface area contributed by atoms with E-state index in [1.54, 1.807) is 0 Å². The summed E-state index contributed by atoms with van der Waals surface area (Å²) in [5, 5.41) is 4.64. The third kappa shape index (κ3) is 2.12. The molecule has 1 aliphatic heterocycles. The molecule has 1 aliphatic rings. The van der Waals surface area contributed by atoms with Gasteiger partial charge in [-0.15, -0.1) is 0 Å². The van der Waals surface area contributed by atoms with Crippen LogP contribution in [-0.2, 0) is 4.74 Å². The van der Waals surface area contributed by atoms with Gasteiger partial charge in [-0.25, -0.2) is 9.67 Å². The zero-order chi connectivity index (χ0) is 11.7. The molecule has 4 heteroatoms. The largest absolute Gasteiger partial charge is 0.381 e. The topological polar surface area (TPSA) is 39.9 Å². The number of ether oxygens (including phenoxy) is 1. The molecule has 1 atom stereocenters. The van der Waals surface area contributed by atoms with Gasteiger partial charge in [-0.05, 0) is 20.3 Å².